The third-order valence-electron chi connectivity index (χ3n) is 2.90. The highest BCUT2D eigenvalue weighted by Crippen LogP contribution is 2.13. The van der Waals surface area contributed by atoms with Gasteiger partial charge in [-0.25, -0.2) is 9.59 Å². The normalized spacial score (nSPS) is 11.6. The molecule has 1 unspecified atom stereocenters. The van der Waals surface area contributed by atoms with Gasteiger partial charge in [0.2, 0.25) is 0 Å². The molecule has 2 N–H and O–H groups in total. The molecule has 0 spiro atoms. The first-order chi connectivity index (χ1) is 9.47. The van der Waals surface area contributed by atoms with Crippen molar-refractivity contribution in [2.75, 3.05) is 14.2 Å². The maximum atomic E-state index is 11.9. The predicted molar refractivity (Wildman–Crippen MR) is 74.7 cm³/mol. The molecule has 0 bridgehead atoms. The second-order valence-corrected chi connectivity index (χ2v) is 4.46. The van der Waals surface area contributed by atoms with Crippen molar-refractivity contribution in [3.05, 3.63) is 29.8 Å². The number of carboxylic acids is 1. The van der Waals surface area contributed by atoms with Gasteiger partial charge in [-0.1, -0.05) is 19.1 Å². The van der Waals surface area contributed by atoms with Gasteiger partial charge in [0.25, 0.3) is 0 Å². The number of hydrogen-bond donors (Lipinski definition) is 2. The van der Waals surface area contributed by atoms with Crippen LogP contribution < -0.4 is 10.1 Å². The van der Waals surface area contributed by atoms with E-state index in [1.54, 1.807) is 21.1 Å². The second-order valence-electron chi connectivity index (χ2n) is 4.46. The first-order valence-corrected chi connectivity index (χ1v) is 6.35. The molecule has 0 aliphatic carbocycles. The summed E-state index contributed by atoms with van der Waals surface area (Å²) in [5.41, 5.74) is 0.908. The zero-order chi connectivity index (χ0) is 15.1. The maximum Gasteiger partial charge on any atom is 0.326 e. The van der Waals surface area contributed by atoms with Crippen LogP contribution >= 0.6 is 0 Å². The fourth-order valence-corrected chi connectivity index (χ4v) is 1.71. The average molecular weight is 280 g/mol. The molecule has 1 atom stereocenters. The number of hydrogen-bond acceptors (Lipinski definition) is 3. The lowest BCUT2D eigenvalue weighted by molar-refractivity contribution is -0.139. The van der Waals surface area contributed by atoms with Crippen molar-refractivity contribution in [3.63, 3.8) is 0 Å². The topological polar surface area (TPSA) is 78.9 Å². The molecule has 1 aromatic rings. The molecular formula is C14H20N2O4. The molecule has 0 radical (unpaired) electrons. The van der Waals surface area contributed by atoms with Gasteiger partial charge in [0, 0.05) is 13.6 Å². The van der Waals surface area contributed by atoms with Crippen LogP contribution in [0.3, 0.4) is 0 Å². The molecule has 110 valence electrons. The predicted octanol–water partition coefficient (Wildman–Crippen LogP) is 1.70. The fourth-order valence-electron chi connectivity index (χ4n) is 1.71. The molecule has 0 fully saturated rings. The van der Waals surface area contributed by atoms with Gasteiger partial charge in [0.05, 0.1) is 7.11 Å². The Kier molecular flexibility index (Phi) is 5.83. The molecule has 6 nitrogen and oxygen atoms in total. The number of ether oxygens (including phenoxy) is 1. The van der Waals surface area contributed by atoms with E-state index < -0.39 is 18.0 Å². The van der Waals surface area contributed by atoms with Gasteiger partial charge < -0.3 is 20.1 Å². The zero-order valence-corrected chi connectivity index (χ0v) is 11.9. The van der Waals surface area contributed by atoms with Crippen LogP contribution in [0.4, 0.5) is 4.79 Å². The molecule has 6 heteroatoms. The minimum atomic E-state index is -1.03. The molecule has 0 aliphatic rings. The Morgan fingerprint density at radius 2 is 2.15 bits per heavy atom. The number of nitrogens with zero attached hydrogens (tertiary/aromatic N) is 1. The van der Waals surface area contributed by atoms with Crippen molar-refractivity contribution in [2.24, 2.45) is 0 Å². The highest BCUT2D eigenvalue weighted by atomic mass is 16.5. The Morgan fingerprint density at radius 3 is 2.70 bits per heavy atom. The molecule has 0 saturated carbocycles. The summed E-state index contributed by atoms with van der Waals surface area (Å²) in [5, 5.41) is 11.4. The van der Waals surface area contributed by atoms with Crippen molar-refractivity contribution < 1.29 is 19.4 Å². The van der Waals surface area contributed by atoms with E-state index >= 15 is 0 Å². The van der Waals surface area contributed by atoms with Gasteiger partial charge in [-0.3, -0.25) is 0 Å². The Labute approximate surface area is 118 Å². The molecule has 0 aromatic heterocycles. The summed E-state index contributed by atoms with van der Waals surface area (Å²) in [6.45, 7) is 2.08. The lowest BCUT2D eigenvalue weighted by atomic mass is 10.2. The van der Waals surface area contributed by atoms with E-state index in [0.29, 0.717) is 18.7 Å². The molecule has 2 amide bonds. The monoisotopic (exact) mass is 280 g/mol. The summed E-state index contributed by atoms with van der Waals surface area (Å²) in [6.07, 6.45) is 0.341. The molecule has 1 aromatic carbocycles. The third kappa shape index (κ3) is 4.46. The number of carbonyl (C=O) groups excluding carboxylic acids is 1. The van der Waals surface area contributed by atoms with Gasteiger partial charge >= 0.3 is 12.0 Å². The Morgan fingerprint density at radius 1 is 1.45 bits per heavy atom. The van der Waals surface area contributed by atoms with Gasteiger partial charge in [0.15, 0.2) is 0 Å². The summed E-state index contributed by atoms with van der Waals surface area (Å²) in [4.78, 5) is 24.2. The number of nitrogens with one attached hydrogen (secondary N) is 1. The SMILES string of the molecule is CCC(NC(=O)N(C)Cc1cccc(OC)c1)C(=O)O. The maximum absolute atomic E-state index is 11.9. The summed E-state index contributed by atoms with van der Waals surface area (Å²) < 4.78 is 5.11. The molecule has 0 aliphatic heterocycles. The number of amides is 2. The Hall–Kier alpha value is -2.24. The summed E-state index contributed by atoms with van der Waals surface area (Å²) in [5.74, 6) is -0.316. The number of urea groups is 1. The fraction of sp³-hybridized carbons (Fsp3) is 0.429. The quantitative estimate of drug-likeness (QED) is 0.831. The van der Waals surface area contributed by atoms with E-state index in [2.05, 4.69) is 5.32 Å². The van der Waals surface area contributed by atoms with Crippen LogP contribution in [0.1, 0.15) is 18.9 Å². The van der Waals surface area contributed by atoms with Gasteiger partial charge in [-0.05, 0) is 24.1 Å². The lowest BCUT2D eigenvalue weighted by Crippen LogP contribution is -2.46. The highest BCUT2D eigenvalue weighted by Gasteiger charge is 2.19. The largest absolute Gasteiger partial charge is 0.497 e. The molecule has 20 heavy (non-hydrogen) atoms. The van der Waals surface area contributed by atoms with Crippen LogP contribution in [-0.2, 0) is 11.3 Å². The average Bonchev–Trinajstić information content (AvgIpc) is 2.44. The van der Waals surface area contributed by atoms with E-state index in [9.17, 15) is 9.59 Å². The third-order valence-corrected chi connectivity index (χ3v) is 2.90. The van der Waals surface area contributed by atoms with Gasteiger partial charge in [0.1, 0.15) is 11.8 Å². The van der Waals surface area contributed by atoms with Crippen LogP contribution in [0.25, 0.3) is 0 Å². The van der Waals surface area contributed by atoms with Crippen LogP contribution in [0.15, 0.2) is 24.3 Å². The summed E-state index contributed by atoms with van der Waals surface area (Å²) in [6, 6.07) is 6.09. The molecule has 1 rings (SSSR count). The lowest BCUT2D eigenvalue weighted by Gasteiger charge is -2.21. The molecule has 0 heterocycles. The standard InChI is InChI=1S/C14H20N2O4/c1-4-12(13(17)18)15-14(19)16(2)9-10-6-5-7-11(8-10)20-3/h5-8,12H,4,9H2,1-3H3,(H,15,19)(H,17,18). The number of carbonyl (C=O) groups is 2. The number of methoxy groups -OCH3 is 1. The van der Waals surface area contributed by atoms with Crippen LogP contribution in [0, 0.1) is 0 Å². The number of aliphatic carboxylic acids is 1. The van der Waals surface area contributed by atoms with E-state index in [-0.39, 0.29) is 0 Å². The van der Waals surface area contributed by atoms with E-state index in [1.165, 1.54) is 4.90 Å². The smallest absolute Gasteiger partial charge is 0.326 e. The first kappa shape index (κ1) is 15.8. The Balaban J connectivity index is 2.63. The van der Waals surface area contributed by atoms with Crippen molar-refractivity contribution in [3.8, 4) is 5.75 Å². The van der Waals surface area contributed by atoms with Crippen LogP contribution in [0.2, 0.25) is 0 Å². The molecule has 0 saturated heterocycles. The second kappa shape index (κ2) is 7.37. The van der Waals surface area contributed by atoms with Crippen LogP contribution in [0.5, 0.6) is 5.75 Å². The molecular weight excluding hydrogens is 260 g/mol. The minimum Gasteiger partial charge on any atom is -0.497 e. The van der Waals surface area contributed by atoms with Gasteiger partial charge in [-0.2, -0.15) is 0 Å². The van der Waals surface area contributed by atoms with Crippen molar-refractivity contribution >= 4 is 12.0 Å². The number of rotatable bonds is 6. The highest BCUT2D eigenvalue weighted by molar-refractivity contribution is 5.82. The first-order valence-electron chi connectivity index (χ1n) is 6.35. The van der Waals surface area contributed by atoms with Crippen LogP contribution in [-0.4, -0.2) is 42.2 Å². The van der Waals surface area contributed by atoms with Crippen molar-refractivity contribution in [1.82, 2.24) is 10.2 Å². The van der Waals surface area contributed by atoms with E-state index in [1.807, 2.05) is 24.3 Å². The van der Waals surface area contributed by atoms with Gasteiger partial charge in [-0.15, -0.1) is 0 Å². The Bertz CT molecular complexity index is 476. The summed E-state index contributed by atoms with van der Waals surface area (Å²) >= 11 is 0. The zero-order valence-electron chi connectivity index (χ0n) is 11.9. The number of carboxylic acid groups (broad SMARTS) is 1. The number of benzene rings is 1. The van der Waals surface area contributed by atoms with E-state index in [4.69, 9.17) is 9.84 Å². The van der Waals surface area contributed by atoms with E-state index in [0.717, 1.165) is 5.56 Å². The summed E-state index contributed by atoms with van der Waals surface area (Å²) in [7, 11) is 3.19. The van der Waals surface area contributed by atoms with Crippen molar-refractivity contribution in [2.45, 2.75) is 25.9 Å². The van der Waals surface area contributed by atoms with Crippen molar-refractivity contribution in [1.29, 1.82) is 0 Å². The minimum absolute atomic E-state index is 0.341.